The molecule has 0 fully saturated rings. The molecule has 0 bridgehead atoms. The molecule has 0 amide bonds. The minimum absolute atomic E-state index is 0.0906. The van der Waals surface area contributed by atoms with Crippen LogP contribution in [0.3, 0.4) is 0 Å². The second-order valence-electron chi connectivity index (χ2n) is 4.13. The van der Waals surface area contributed by atoms with Gasteiger partial charge in [-0.2, -0.15) is 0 Å². The number of hydrogen-bond donors (Lipinski definition) is 1. The fraction of sp³-hybridized carbons (Fsp3) is 0.417. The lowest BCUT2D eigenvalue weighted by molar-refractivity contribution is 0.620. The summed E-state index contributed by atoms with van der Waals surface area (Å²) in [5, 5.41) is 3.06. The van der Waals surface area contributed by atoms with E-state index in [0.717, 1.165) is 25.9 Å². The quantitative estimate of drug-likeness (QED) is 0.769. The van der Waals surface area contributed by atoms with Gasteiger partial charge in [0, 0.05) is 44.9 Å². The van der Waals surface area contributed by atoms with E-state index in [0.29, 0.717) is 5.82 Å². The van der Waals surface area contributed by atoms with Crippen molar-refractivity contribution < 1.29 is 0 Å². The molecule has 96 valence electrons. The van der Waals surface area contributed by atoms with Crippen LogP contribution in [0.25, 0.3) is 0 Å². The number of nitrogens with zero attached hydrogens (tertiary/aromatic N) is 4. The van der Waals surface area contributed by atoms with Gasteiger partial charge in [-0.05, 0) is 12.8 Å². The first-order valence-corrected chi connectivity index (χ1v) is 5.98. The van der Waals surface area contributed by atoms with Gasteiger partial charge in [-0.3, -0.25) is 4.79 Å². The molecule has 2 rings (SSSR count). The average molecular weight is 247 g/mol. The van der Waals surface area contributed by atoms with Crippen molar-refractivity contribution in [2.75, 3.05) is 11.9 Å². The number of unbranched alkanes of at least 4 members (excludes halogenated alkanes) is 1. The zero-order valence-electron chi connectivity index (χ0n) is 10.4. The van der Waals surface area contributed by atoms with Gasteiger partial charge in [0.05, 0.1) is 6.33 Å². The minimum Gasteiger partial charge on any atom is -0.365 e. The van der Waals surface area contributed by atoms with E-state index < -0.39 is 0 Å². The molecule has 2 aromatic heterocycles. The largest absolute Gasteiger partial charge is 0.365 e. The highest BCUT2D eigenvalue weighted by atomic mass is 16.1. The Hall–Kier alpha value is -2.11. The van der Waals surface area contributed by atoms with Gasteiger partial charge in [0.1, 0.15) is 0 Å². The molecule has 0 aliphatic heterocycles. The Bertz CT molecular complexity index is 532. The van der Waals surface area contributed by atoms with E-state index in [9.17, 15) is 4.79 Å². The summed E-state index contributed by atoms with van der Waals surface area (Å²) in [4.78, 5) is 19.7. The summed E-state index contributed by atoms with van der Waals surface area (Å²) < 4.78 is 3.56. The molecular formula is C12H17N5O. The monoisotopic (exact) mass is 247 g/mol. The van der Waals surface area contributed by atoms with Gasteiger partial charge in [0.25, 0.3) is 5.56 Å². The zero-order chi connectivity index (χ0) is 12.8. The van der Waals surface area contributed by atoms with Crippen LogP contribution in [0.1, 0.15) is 12.8 Å². The smallest absolute Gasteiger partial charge is 0.293 e. The first-order valence-electron chi connectivity index (χ1n) is 5.98. The van der Waals surface area contributed by atoms with E-state index in [1.165, 1.54) is 4.57 Å². The van der Waals surface area contributed by atoms with Gasteiger partial charge < -0.3 is 14.5 Å². The molecule has 18 heavy (non-hydrogen) atoms. The Morgan fingerprint density at radius 1 is 1.28 bits per heavy atom. The highest BCUT2D eigenvalue weighted by molar-refractivity contribution is 5.30. The SMILES string of the molecule is Cn1ccnc(NCCCCn2ccnc2)c1=O. The van der Waals surface area contributed by atoms with Gasteiger partial charge in [-0.1, -0.05) is 0 Å². The van der Waals surface area contributed by atoms with Crippen molar-refractivity contribution in [1.29, 1.82) is 0 Å². The third kappa shape index (κ3) is 3.19. The summed E-state index contributed by atoms with van der Waals surface area (Å²) in [6, 6.07) is 0. The van der Waals surface area contributed by atoms with Crippen molar-refractivity contribution in [3.63, 3.8) is 0 Å². The van der Waals surface area contributed by atoms with Crippen molar-refractivity contribution >= 4 is 5.82 Å². The van der Waals surface area contributed by atoms with Crippen LogP contribution in [0.4, 0.5) is 5.82 Å². The topological polar surface area (TPSA) is 64.7 Å². The fourth-order valence-electron chi connectivity index (χ4n) is 1.66. The molecule has 0 radical (unpaired) electrons. The van der Waals surface area contributed by atoms with Crippen LogP contribution in [0, 0.1) is 0 Å². The van der Waals surface area contributed by atoms with Crippen LogP contribution in [-0.2, 0) is 13.6 Å². The van der Waals surface area contributed by atoms with Gasteiger partial charge in [0.15, 0.2) is 5.82 Å². The van der Waals surface area contributed by atoms with Gasteiger partial charge in [-0.15, -0.1) is 0 Å². The number of aryl methyl sites for hydroxylation is 2. The summed E-state index contributed by atoms with van der Waals surface area (Å²) in [7, 11) is 1.72. The molecule has 2 aromatic rings. The lowest BCUT2D eigenvalue weighted by atomic mass is 10.3. The standard InChI is InChI=1S/C12H17N5O/c1-16-8-6-15-11(12(16)18)14-4-2-3-7-17-9-5-13-10-17/h5-6,8-10H,2-4,7H2,1H3,(H,14,15). The predicted molar refractivity (Wildman–Crippen MR) is 69.4 cm³/mol. The lowest BCUT2D eigenvalue weighted by Gasteiger charge is -2.06. The summed E-state index contributed by atoms with van der Waals surface area (Å²) in [6.45, 7) is 1.70. The average Bonchev–Trinajstić information content (AvgIpc) is 2.87. The third-order valence-corrected chi connectivity index (χ3v) is 2.71. The summed E-state index contributed by atoms with van der Waals surface area (Å²) in [5.41, 5.74) is -0.0906. The van der Waals surface area contributed by atoms with E-state index in [-0.39, 0.29) is 5.56 Å². The molecule has 0 unspecified atom stereocenters. The molecule has 0 atom stereocenters. The highest BCUT2D eigenvalue weighted by Gasteiger charge is 2.00. The Morgan fingerprint density at radius 2 is 2.17 bits per heavy atom. The van der Waals surface area contributed by atoms with E-state index >= 15 is 0 Å². The first-order chi connectivity index (χ1) is 8.77. The van der Waals surface area contributed by atoms with E-state index in [1.807, 2.05) is 17.1 Å². The van der Waals surface area contributed by atoms with Crippen LogP contribution in [0.2, 0.25) is 0 Å². The third-order valence-electron chi connectivity index (χ3n) is 2.71. The van der Waals surface area contributed by atoms with Crippen LogP contribution >= 0.6 is 0 Å². The Balaban J connectivity index is 1.72. The van der Waals surface area contributed by atoms with E-state index in [2.05, 4.69) is 15.3 Å². The van der Waals surface area contributed by atoms with Crippen molar-refractivity contribution in [1.82, 2.24) is 19.1 Å². The maximum Gasteiger partial charge on any atom is 0.293 e. The number of hydrogen-bond acceptors (Lipinski definition) is 4. The number of aromatic nitrogens is 4. The van der Waals surface area contributed by atoms with Gasteiger partial charge >= 0.3 is 0 Å². The van der Waals surface area contributed by atoms with Crippen LogP contribution < -0.4 is 10.9 Å². The highest BCUT2D eigenvalue weighted by Crippen LogP contribution is 1.97. The second kappa shape index (κ2) is 6.00. The summed E-state index contributed by atoms with van der Waals surface area (Å²) >= 11 is 0. The number of imidazole rings is 1. The van der Waals surface area contributed by atoms with E-state index in [4.69, 9.17) is 0 Å². The number of nitrogens with one attached hydrogen (secondary N) is 1. The summed E-state index contributed by atoms with van der Waals surface area (Å²) in [5.74, 6) is 0.419. The Morgan fingerprint density at radius 3 is 2.94 bits per heavy atom. The van der Waals surface area contributed by atoms with Crippen molar-refractivity contribution in [2.45, 2.75) is 19.4 Å². The molecule has 6 nitrogen and oxygen atoms in total. The molecule has 0 aliphatic carbocycles. The number of rotatable bonds is 6. The molecule has 2 heterocycles. The van der Waals surface area contributed by atoms with Crippen LogP contribution in [0.5, 0.6) is 0 Å². The maximum absolute atomic E-state index is 11.6. The molecule has 1 N–H and O–H groups in total. The fourth-order valence-corrected chi connectivity index (χ4v) is 1.66. The van der Waals surface area contributed by atoms with Gasteiger partial charge in [-0.25, -0.2) is 9.97 Å². The molecule has 0 saturated carbocycles. The van der Waals surface area contributed by atoms with E-state index in [1.54, 1.807) is 25.6 Å². The minimum atomic E-state index is -0.0906. The second-order valence-corrected chi connectivity index (χ2v) is 4.13. The zero-order valence-corrected chi connectivity index (χ0v) is 10.4. The Kier molecular flexibility index (Phi) is 4.11. The predicted octanol–water partition coefficient (Wildman–Crippen LogP) is 0.869. The molecule has 0 spiro atoms. The molecular weight excluding hydrogens is 230 g/mol. The van der Waals surface area contributed by atoms with Gasteiger partial charge in [0.2, 0.25) is 0 Å². The van der Waals surface area contributed by atoms with Crippen molar-refractivity contribution in [2.24, 2.45) is 7.05 Å². The van der Waals surface area contributed by atoms with Crippen LogP contribution in [0.15, 0.2) is 35.9 Å². The molecule has 0 aliphatic rings. The Labute approximate surface area is 105 Å². The first kappa shape index (κ1) is 12.3. The molecule has 6 heteroatoms. The molecule has 0 saturated heterocycles. The lowest BCUT2D eigenvalue weighted by Crippen LogP contribution is -2.22. The van der Waals surface area contributed by atoms with Crippen molar-refractivity contribution in [3.05, 3.63) is 41.5 Å². The number of anilines is 1. The molecule has 0 aromatic carbocycles. The maximum atomic E-state index is 11.6. The normalized spacial score (nSPS) is 10.5. The van der Waals surface area contributed by atoms with Crippen LogP contribution in [-0.4, -0.2) is 25.6 Å². The summed E-state index contributed by atoms with van der Waals surface area (Å²) in [6.07, 6.45) is 10.8. The van der Waals surface area contributed by atoms with Crippen molar-refractivity contribution in [3.8, 4) is 0 Å².